The Labute approximate surface area is 120 Å². The zero-order valence-electron chi connectivity index (χ0n) is 12.5. The minimum atomic E-state index is -0.0824. The molecule has 0 aliphatic carbocycles. The van der Waals surface area contributed by atoms with Gasteiger partial charge in [-0.05, 0) is 24.6 Å². The summed E-state index contributed by atoms with van der Waals surface area (Å²) in [5.74, 6) is 0.819. The lowest BCUT2D eigenvalue weighted by Gasteiger charge is -2.39. The molecule has 2 amide bonds. The second-order valence-corrected chi connectivity index (χ2v) is 5.27. The second-order valence-electron chi connectivity index (χ2n) is 5.27. The van der Waals surface area contributed by atoms with Crippen molar-refractivity contribution in [3.8, 4) is 5.75 Å². The quantitative estimate of drug-likeness (QED) is 0.832. The van der Waals surface area contributed by atoms with Crippen LogP contribution < -0.4 is 4.74 Å². The molecule has 20 heavy (non-hydrogen) atoms. The molecule has 0 radical (unpaired) electrons. The summed E-state index contributed by atoms with van der Waals surface area (Å²) in [6, 6.07) is 7.91. The molecule has 110 valence electrons. The number of hydrogen-bond donors (Lipinski definition) is 0. The third-order valence-electron chi connectivity index (χ3n) is 3.55. The van der Waals surface area contributed by atoms with Crippen LogP contribution in [0.4, 0.5) is 4.79 Å². The molecule has 1 aromatic rings. The Hall–Kier alpha value is -1.75. The van der Waals surface area contributed by atoms with E-state index in [1.807, 2.05) is 36.1 Å². The molecule has 1 fully saturated rings. The van der Waals surface area contributed by atoms with Gasteiger partial charge in [0.05, 0.1) is 26.3 Å². The Morgan fingerprint density at radius 2 is 2.00 bits per heavy atom. The number of carbonyl (C=O) groups is 1. The summed E-state index contributed by atoms with van der Waals surface area (Å²) in [7, 11) is 5.19. The molecule has 1 saturated heterocycles. The monoisotopic (exact) mass is 278 g/mol. The predicted molar refractivity (Wildman–Crippen MR) is 76.9 cm³/mol. The van der Waals surface area contributed by atoms with Crippen LogP contribution in [0.25, 0.3) is 0 Å². The molecule has 5 nitrogen and oxygen atoms in total. The van der Waals surface area contributed by atoms with Gasteiger partial charge in [0.25, 0.3) is 0 Å². The van der Waals surface area contributed by atoms with Crippen molar-refractivity contribution in [3.05, 3.63) is 29.8 Å². The first-order valence-corrected chi connectivity index (χ1v) is 6.76. The Kier molecular flexibility index (Phi) is 4.49. The summed E-state index contributed by atoms with van der Waals surface area (Å²) in [5, 5.41) is 0. The van der Waals surface area contributed by atoms with E-state index in [1.165, 1.54) is 0 Å². The Morgan fingerprint density at radius 3 is 2.55 bits per heavy atom. The van der Waals surface area contributed by atoms with Gasteiger partial charge in [0, 0.05) is 14.1 Å². The fourth-order valence-corrected chi connectivity index (χ4v) is 2.30. The van der Waals surface area contributed by atoms with E-state index in [1.54, 1.807) is 26.1 Å². The lowest BCUT2D eigenvalue weighted by atomic mass is 10.1. The lowest BCUT2D eigenvalue weighted by Crippen LogP contribution is -2.51. The standard InChI is InChI=1S/C15H22N2O3/c1-11-10-20-14(9-17(11)15(18)16(2)3)12-5-7-13(19-4)8-6-12/h5-8,11,14H,9-10H2,1-4H3. The third kappa shape index (κ3) is 3.04. The average Bonchev–Trinajstić information content (AvgIpc) is 2.47. The highest BCUT2D eigenvalue weighted by Gasteiger charge is 2.31. The number of urea groups is 1. The molecular formula is C15H22N2O3. The minimum absolute atomic E-state index is 0.0271. The first-order valence-electron chi connectivity index (χ1n) is 6.76. The number of ether oxygens (including phenoxy) is 2. The average molecular weight is 278 g/mol. The molecule has 1 aliphatic heterocycles. The van der Waals surface area contributed by atoms with Crippen LogP contribution in [-0.2, 0) is 4.74 Å². The van der Waals surface area contributed by atoms with E-state index >= 15 is 0 Å². The normalized spacial score (nSPS) is 22.5. The Morgan fingerprint density at radius 1 is 1.35 bits per heavy atom. The maximum Gasteiger partial charge on any atom is 0.319 e. The summed E-state index contributed by atoms with van der Waals surface area (Å²) < 4.78 is 11.0. The van der Waals surface area contributed by atoms with E-state index in [-0.39, 0.29) is 18.2 Å². The fourth-order valence-electron chi connectivity index (χ4n) is 2.30. The van der Waals surface area contributed by atoms with Crippen LogP contribution in [-0.4, -0.2) is 56.2 Å². The maximum atomic E-state index is 12.2. The molecule has 1 heterocycles. The number of carbonyl (C=O) groups excluding carboxylic acids is 1. The molecule has 2 rings (SSSR count). The Bertz CT molecular complexity index is 459. The van der Waals surface area contributed by atoms with Crippen LogP contribution in [0.5, 0.6) is 5.75 Å². The molecule has 5 heteroatoms. The van der Waals surface area contributed by atoms with Crippen LogP contribution in [0, 0.1) is 0 Å². The van der Waals surface area contributed by atoms with Gasteiger partial charge < -0.3 is 19.3 Å². The Balaban J connectivity index is 2.11. The highest BCUT2D eigenvalue weighted by atomic mass is 16.5. The van der Waals surface area contributed by atoms with Gasteiger partial charge in [-0.25, -0.2) is 4.79 Å². The number of amides is 2. The smallest absolute Gasteiger partial charge is 0.319 e. The van der Waals surface area contributed by atoms with Crippen LogP contribution in [0.3, 0.4) is 0 Å². The molecule has 0 spiro atoms. The van der Waals surface area contributed by atoms with Gasteiger partial charge in [0.1, 0.15) is 11.9 Å². The number of methoxy groups -OCH3 is 1. The van der Waals surface area contributed by atoms with E-state index in [9.17, 15) is 4.79 Å². The summed E-state index contributed by atoms with van der Waals surface area (Å²) in [6.07, 6.45) is -0.0824. The van der Waals surface area contributed by atoms with E-state index in [0.29, 0.717) is 13.2 Å². The summed E-state index contributed by atoms with van der Waals surface area (Å²) in [5.41, 5.74) is 1.06. The van der Waals surface area contributed by atoms with Crippen LogP contribution in [0.15, 0.2) is 24.3 Å². The number of nitrogens with zero attached hydrogens (tertiary/aromatic N) is 2. The molecule has 0 bridgehead atoms. The zero-order valence-corrected chi connectivity index (χ0v) is 12.5. The van der Waals surface area contributed by atoms with Crippen molar-refractivity contribution in [2.45, 2.75) is 19.1 Å². The summed E-state index contributed by atoms with van der Waals surface area (Å²) in [6.45, 7) is 3.13. The molecule has 1 aliphatic rings. The van der Waals surface area contributed by atoms with Gasteiger partial charge in [0.15, 0.2) is 0 Å². The summed E-state index contributed by atoms with van der Waals surface area (Å²) >= 11 is 0. The van der Waals surface area contributed by atoms with E-state index < -0.39 is 0 Å². The lowest BCUT2D eigenvalue weighted by molar-refractivity contribution is -0.0462. The van der Waals surface area contributed by atoms with E-state index in [4.69, 9.17) is 9.47 Å². The number of rotatable bonds is 2. The molecule has 0 saturated carbocycles. The predicted octanol–water partition coefficient (Wildman–Crippen LogP) is 2.14. The molecule has 2 atom stereocenters. The van der Waals surface area contributed by atoms with Crippen molar-refractivity contribution in [3.63, 3.8) is 0 Å². The summed E-state index contributed by atoms with van der Waals surface area (Å²) in [4.78, 5) is 15.6. The molecule has 0 aromatic heterocycles. The van der Waals surface area contributed by atoms with Crippen molar-refractivity contribution < 1.29 is 14.3 Å². The van der Waals surface area contributed by atoms with Gasteiger partial charge in [-0.2, -0.15) is 0 Å². The van der Waals surface area contributed by atoms with Gasteiger partial charge in [0.2, 0.25) is 0 Å². The SMILES string of the molecule is COc1ccc(C2CN(C(=O)N(C)C)C(C)CO2)cc1. The molecule has 2 unspecified atom stereocenters. The number of benzene rings is 1. The van der Waals surface area contributed by atoms with Crippen molar-refractivity contribution in [2.24, 2.45) is 0 Å². The zero-order chi connectivity index (χ0) is 14.7. The highest BCUT2D eigenvalue weighted by Crippen LogP contribution is 2.26. The minimum Gasteiger partial charge on any atom is -0.497 e. The first-order chi connectivity index (χ1) is 9.52. The second kappa shape index (κ2) is 6.13. The van der Waals surface area contributed by atoms with E-state index in [2.05, 4.69) is 0 Å². The van der Waals surface area contributed by atoms with Gasteiger partial charge in [-0.3, -0.25) is 0 Å². The number of hydrogen-bond acceptors (Lipinski definition) is 3. The molecule has 0 N–H and O–H groups in total. The molecule has 1 aromatic carbocycles. The van der Waals surface area contributed by atoms with Crippen molar-refractivity contribution in [1.82, 2.24) is 9.80 Å². The van der Waals surface area contributed by atoms with E-state index in [0.717, 1.165) is 11.3 Å². The van der Waals surface area contributed by atoms with Crippen molar-refractivity contribution in [1.29, 1.82) is 0 Å². The van der Waals surface area contributed by atoms with Gasteiger partial charge in [-0.1, -0.05) is 12.1 Å². The van der Waals surface area contributed by atoms with Gasteiger partial charge >= 0.3 is 6.03 Å². The largest absolute Gasteiger partial charge is 0.497 e. The van der Waals surface area contributed by atoms with Crippen molar-refractivity contribution in [2.75, 3.05) is 34.4 Å². The van der Waals surface area contributed by atoms with Gasteiger partial charge in [-0.15, -0.1) is 0 Å². The highest BCUT2D eigenvalue weighted by molar-refractivity contribution is 5.74. The maximum absolute atomic E-state index is 12.2. The van der Waals surface area contributed by atoms with Crippen LogP contribution >= 0.6 is 0 Å². The fraction of sp³-hybridized carbons (Fsp3) is 0.533. The van der Waals surface area contributed by atoms with Crippen molar-refractivity contribution >= 4 is 6.03 Å². The topological polar surface area (TPSA) is 42.0 Å². The van der Waals surface area contributed by atoms with Crippen LogP contribution in [0.2, 0.25) is 0 Å². The first kappa shape index (κ1) is 14.7. The molecular weight excluding hydrogens is 256 g/mol. The van der Waals surface area contributed by atoms with Crippen LogP contribution in [0.1, 0.15) is 18.6 Å². The number of morpholine rings is 1. The third-order valence-corrected chi connectivity index (χ3v) is 3.55.